The van der Waals surface area contributed by atoms with Gasteiger partial charge >= 0.3 is 5.97 Å². The molecule has 2 unspecified atom stereocenters. The van der Waals surface area contributed by atoms with Crippen LogP contribution in [0.15, 0.2) is 24.4 Å². The average molecular weight is 284 g/mol. The van der Waals surface area contributed by atoms with Crippen LogP contribution in [0.1, 0.15) is 23.5 Å². The van der Waals surface area contributed by atoms with Crippen LogP contribution in [0.2, 0.25) is 0 Å². The van der Waals surface area contributed by atoms with E-state index in [2.05, 4.69) is 41.3 Å². The maximum Gasteiger partial charge on any atom is 0.309 e. The number of aromatic amines is 1. The summed E-state index contributed by atoms with van der Waals surface area (Å²) in [6.07, 6.45) is 4.10. The Morgan fingerprint density at radius 3 is 3.10 bits per heavy atom. The number of likely N-dealkylation sites (N-methyl/N-ethyl adjacent to an activating group) is 1. The summed E-state index contributed by atoms with van der Waals surface area (Å²) in [4.78, 5) is 17.7. The second kappa shape index (κ2) is 4.60. The third-order valence-corrected chi connectivity index (χ3v) is 5.26. The van der Waals surface area contributed by atoms with Crippen molar-refractivity contribution in [2.24, 2.45) is 5.92 Å². The number of H-pyrrole nitrogens is 1. The van der Waals surface area contributed by atoms with E-state index in [1.165, 1.54) is 29.1 Å². The molecule has 0 radical (unpaired) electrons. The van der Waals surface area contributed by atoms with Crippen LogP contribution in [0.5, 0.6) is 0 Å². The molecule has 1 N–H and O–H groups in total. The SMILES string of the molecule is COC(=O)C1C[C@@H]2c3cccc4[nH]cc(c34)CC2N(C)C1. The number of hydrogen-bond acceptors (Lipinski definition) is 3. The van der Waals surface area contributed by atoms with E-state index in [0.29, 0.717) is 12.0 Å². The maximum atomic E-state index is 12.0. The van der Waals surface area contributed by atoms with E-state index >= 15 is 0 Å². The fourth-order valence-electron chi connectivity index (χ4n) is 4.28. The monoisotopic (exact) mass is 284 g/mol. The molecule has 1 aromatic heterocycles. The largest absolute Gasteiger partial charge is 0.469 e. The second-order valence-electron chi connectivity index (χ2n) is 6.36. The molecule has 1 saturated heterocycles. The predicted molar refractivity (Wildman–Crippen MR) is 81.3 cm³/mol. The highest BCUT2D eigenvalue weighted by Crippen LogP contribution is 2.44. The molecule has 0 bridgehead atoms. The number of methoxy groups -OCH3 is 1. The minimum Gasteiger partial charge on any atom is -0.469 e. The van der Waals surface area contributed by atoms with Crippen LogP contribution < -0.4 is 0 Å². The van der Waals surface area contributed by atoms with Gasteiger partial charge in [-0.2, -0.15) is 0 Å². The molecule has 3 atom stereocenters. The molecule has 4 heteroatoms. The number of benzene rings is 1. The van der Waals surface area contributed by atoms with E-state index in [4.69, 9.17) is 4.74 Å². The van der Waals surface area contributed by atoms with Crippen molar-refractivity contribution >= 4 is 16.9 Å². The van der Waals surface area contributed by atoms with Crippen LogP contribution in [0.4, 0.5) is 0 Å². The zero-order valence-electron chi connectivity index (χ0n) is 12.4. The lowest BCUT2D eigenvalue weighted by Crippen LogP contribution is -2.49. The van der Waals surface area contributed by atoms with Crippen LogP contribution in [-0.2, 0) is 16.0 Å². The average Bonchev–Trinajstić information content (AvgIpc) is 2.92. The zero-order chi connectivity index (χ0) is 14.6. The van der Waals surface area contributed by atoms with Crippen molar-refractivity contribution in [1.29, 1.82) is 0 Å². The van der Waals surface area contributed by atoms with Gasteiger partial charge in [0.15, 0.2) is 0 Å². The standard InChI is InChI=1S/C17H20N2O2/c1-19-9-11(17(20)21-2)6-13-12-4-3-5-14-16(12)10(8-18-14)7-15(13)19/h3-5,8,11,13,15,18H,6-7,9H2,1-2H3/t11?,13-,15?/m1/s1. The minimum atomic E-state index is -0.0765. The predicted octanol–water partition coefficient (Wildman–Crippen LogP) is 2.30. The number of carbonyl (C=O) groups excluding carboxylic acids is 1. The van der Waals surface area contributed by atoms with Crippen LogP contribution in [0.3, 0.4) is 0 Å². The van der Waals surface area contributed by atoms with Gasteiger partial charge in [-0.1, -0.05) is 12.1 Å². The highest BCUT2D eigenvalue weighted by molar-refractivity contribution is 5.88. The lowest BCUT2D eigenvalue weighted by atomic mass is 9.72. The molecule has 2 aliphatic rings. The normalized spacial score (nSPS) is 28.4. The van der Waals surface area contributed by atoms with Crippen LogP contribution in [0.25, 0.3) is 10.9 Å². The molecular formula is C17H20N2O2. The number of nitrogens with zero attached hydrogens (tertiary/aromatic N) is 1. The fraction of sp³-hybridized carbons (Fsp3) is 0.471. The molecule has 0 spiro atoms. The van der Waals surface area contributed by atoms with Gasteiger partial charge in [-0.25, -0.2) is 0 Å². The van der Waals surface area contributed by atoms with E-state index in [1.807, 2.05) is 0 Å². The Balaban J connectivity index is 1.79. The van der Waals surface area contributed by atoms with Gasteiger partial charge in [-0.15, -0.1) is 0 Å². The van der Waals surface area contributed by atoms with Gasteiger partial charge in [0.2, 0.25) is 0 Å². The van der Waals surface area contributed by atoms with Crippen molar-refractivity contribution < 1.29 is 9.53 Å². The maximum absolute atomic E-state index is 12.0. The first-order chi connectivity index (χ1) is 10.2. The molecule has 1 aliphatic heterocycles. The summed E-state index contributed by atoms with van der Waals surface area (Å²) in [5.41, 5.74) is 4.01. The van der Waals surface area contributed by atoms with Crippen LogP contribution in [0, 0.1) is 5.92 Å². The summed E-state index contributed by atoms with van der Waals surface area (Å²) in [6, 6.07) is 6.96. The summed E-state index contributed by atoms with van der Waals surface area (Å²) < 4.78 is 4.97. The first-order valence-corrected chi connectivity index (χ1v) is 7.56. The van der Waals surface area contributed by atoms with Gasteiger partial charge in [-0.3, -0.25) is 4.79 Å². The van der Waals surface area contributed by atoms with Gasteiger partial charge in [-0.05, 0) is 37.1 Å². The number of nitrogens with one attached hydrogen (secondary N) is 1. The highest BCUT2D eigenvalue weighted by atomic mass is 16.5. The molecule has 21 heavy (non-hydrogen) atoms. The molecular weight excluding hydrogens is 264 g/mol. The molecule has 2 aromatic rings. The van der Waals surface area contributed by atoms with Crippen molar-refractivity contribution in [1.82, 2.24) is 9.88 Å². The number of fused-ring (bicyclic) bond motifs is 2. The topological polar surface area (TPSA) is 45.3 Å². The molecule has 0 saturated carbocycles. The number of piperidine rings is 1. The van der Waals surface area contributed by atoms with Gasteiger partial charge in [0.1, 0.15) is 0 Å². The number of esters is 1. The smallest absolute Gasteiger partial charge is 0.309 e. The summed E-state index contributed by atoms with van der Waals surface area (Å²) in [5, 5.41) is 1.37. The van der Waals surface area contributed by atoms with E-state index < -0.39 is 0 Å². The van der Waals surface area contributed by atoms with Crippen molar-refractivity contribution in [2.75, 3.05) is 20.7 Å². The summed E-state index contributed by atoms with van der Waals surface area (Å²) in [7, 11) is 3.62. The zero-order valence-corrected chi connectivity index (χ0v) is 12.4. The van der Waals surface area contributed by atoms with Crippen molar-refractivity contribution in [3.8, 4) is 0 Å². The Labute approximate surface area is 124 Å². The lowest BCUT2D eigenvalue weighted by Gasteiger charge is -2.44. The quantitative estimate of drug-likeness (QED) is 0.817. The molecule has 2 heterocycles. The molecule has 0 amide bonds. The van der Waals surface area contributed by atoms with Crippen molar-refractivity contribution in [2.45, 2.75) is 24.8 Å². The Kier molecular flexibility index (Phi) is 2.82. The molecule has 4 rings (SSSR count). The third-order valence-electron chi connectivity index (χ3n) is 5.26. The Morgan fingerprint density at radius 1 is 1.43 bits per heavy atom. The number of aromatic nitrogens is 1. The van der Waals surface area contributed by atoms with Crippen LogP contribution in [-0.4, -0.2) is 42.6 Å². The number of carbonyl (C=O) groups is 1. The van der Waals surface area contributed by atoms with Gasteiger partial charge in [0, 0.05) is 35.6 Å². The van der Waals surface area contributed by atoms with E-state index in [1.54, 1.807) is 0 Å². The lowest BCUT2D eigenvalue weighted by molar-refractivity contribution is -0.148. The van der Waals surface area contributed by atoms with E-state index in [0.717, 1.165) is 19.4 Å². The second-order valence-corrected chi connectivity index (χ2v) is 6.36. The van der Waals surface area contributed by atoms with Gasteiger partial charge in [0.05, 0.1) is 13.0 Å². The Morgan fingerprint density at radius 2 is 2.29 bits per heavy atom. The summed E-state index contributed by atoms with van der Waals surface area (Å²) in [5.74, 6) is 0.323. The van der Waals surface area contributed by atoms with Gasteiger partial charge in [0.25, 0.3) is 0 Å². The van der Waals surface area contributed by atoms with Crippen molar-refractivity contribution in [3.63, 3.8) is 0 Å². The number of ether oxygens (including phenoxy) is 1. The molecule has 110 valence electrons. The number of likely N-dealkylation sites (tertiary alicyclic amines) is 1. The number of hydrogen-bond donors (Lipinski definition) is 1. The minimum absolute atomic E-state index is 0.0167. The fourth-order valence-corrected chi connectivity index (χ4v) is 4.28. The molecule has 1 fully saturated rings. The molecule has 1 aromatic carbocycles. The highest BCUT2D eigenvalue weighted by Gasteiger charge is 2.41. The third kappa shape index (κ3) is 1.82. The van der Waals surface area contributed by atoms with Crippen LogP contribution >= 0.6 is 0 Å². The van der Waals surface area contributed by atoms with Gasteiger partial charge < -0.3 is 14.6 Å². The van der Waals surface area contributed by atoms with E-state index in [-0.39, 0.29) is 11.9 Å². The Bertz CT molecular complexity index is 706. The van der Waals surface area contributed by atoms with Crippen molar-refractivity contribution in [3.05, 3.63) is 35.5 Å². The summed E-state index contributed by atoms with van der Waals surface area (Å²) >= 11 is 0. The molecule has 1 aliphatic carbocycles. The first-order valence-electron chi connectivity index (χ1n) is 7.56. The molecule has 4 nitrogen and oxygen atoms in total. The first kappa shape index (κ1) is 12.9. The summed E-state index contributed by atoms with van der Waals surface area (Å²) in [6.45, 7) is 0.795. The number of rotatable bonds is 1. The van der Waals surface area contributed by atoms with E-state index in [9.17, 15) is 4.79 Å². The Hall–Kier alpha value is -1.81.